The molecule has 4 rings (SSSR count). The van der Waals surface area contributed by atoms with Gasteiger partial charge < -0.3 is 14.8 Å². The first-order chi connectivity index (χ1) is 18.1. The second-order valence-corrected chi connectivity index (χ2v) is 9.21. The molecule has 6 nitrogen and oxygen atoms in total. The predicted molar refractivity (Wildman–Crippen MR) is 149 cm³/mol. The van der Waals surface area contributed by atoms with E-state index in [1.165, 1.54) is 12.8 Å². The molecule has 0 spiro atoms. The summed E-state index contributed by atoms with van der Waals surface area (Å²) in [4.78, 5) is 22.9. The molecule has 6 heteroatoms. The molecule has 0 aliphatic carbocycles. The number of carbonyl (C=O) groups excluding carboxylic acids is 1. The zero-order valence-electron chi connectivity index (χ0n) is 22.1. The Balaban J connectivity index is 1.70. The number of nitrogens with one attached hydrogen (secondary N) is 1. The molecule has 1 heterocycles. The lowest BCUT2D eigenvalue weighted by Crippen LogP contribution is -2.29. The summed E-state index contributed by atoms with van der Waals surface area (Å²) in [6.45, 7) is 5.06. The quantitative estimate of drug-likeness (QED) is 0.243. The Kier molecular flexibility index (Phi) is 8.72. The highest BCUT2D eigenvalue weighted by atomic mass is 16.5. The highest BCUT2D eigenvalue weighted by Crippen LogP contribution is 2.33. The van der Waals surface area contributed by atoms with Crippen molar-refractivity contribution < 1.29 is 14.3 Å². The van der Waals surface area contributed by atoms with Crippen molar-refractivity contribution in [2.24, 2.45) is 5.92 Å². The fourth-order valence-corrected chi connectivity index (χ4v) is 4.38. The number of methoxy groups -OCH3 is 2. The summed E-state index contributed by atoms with van der Waals surface area (Å²) in [5.74, 6) is 1.97. The van der Waals surface area contributed by atoms with Gasteiger partial charge in [0.05, 0.1) is 36.6 Å². The molecule has 0 radical (unpaired) electrons. The molecular formula is C31H35N3O3. The maximum Gasteiger partial charge on any atom is 0.251 e. The molecule has 0 saturated heterocycles. The standard InChI is InChI=1S/C31H35N3O3/c1-5-7-8-21(6-2)20-32-31(35)24-13-18-27-28(19-24)34-30(23-11-16-26(37-4)17-12-23)29(33-27)22-9-14-25(36-3)15-10-22/h9-19,21H,5-8,20H2,1-4H3,(H,32,35). The normalized spacial score (nSPS) is 11.8. The number of rotatable bonds is 11. The number of fused-ring (bicyclic) bond motifs is 1. The molecule has 0 saturated carbocycles. The van der Waals surface area contributed by atoms with Gasteiger partial charge in [-0.25, -0.2) is 9.97 Å². The van der Waals surface area contributed by atoms with E-state index in [0.29, 0.717) is 23.5 Å². The van der Waals surface area contributed by atoms with Crippen molar-refractivity contribution >= 4 is 16.9 Å². The van der Waals surface area contributed by atoms with Gasteiger partial charge in [0.1, 0.15) is 11.5 Å². The van der Waals surface area contributed by atoms with Crippen molar-refractivity contribution in [1.82, 2.24) is 15.3 Å². The van der Waals surface area contributed by atoms with E-state index in [1.807, 2.05) is 66.7 Å². The van der Waals surface area contributed by atoms with E-state index in [4.69, 9.17) is 19.4 Å². The SMILES string of the molecule is CCCCC(CC)CNC(=O)c1ccc2nc(-c3ccc(OC)cc3)c(-c3ccc(OC)cc3)nc2c1. The van der Waals surface area contributed by atoms with Crippen molar-refractivity contribution in [2.75, 3.05) is 20.8 Å². The number of aromatic nitrogens is 2. The third kappa shape index (κ3) is 6.26. The molecule has 4 aromatic rings. The van der Waals surface area contributed by atoms with Crippen LogP contribution in [-0.2, 0) is 0 Å². The van der Waals surface area contributed by atoms with Crippen LogP contribution >= 0.6 is 0 Å². The molecule has 1 N–H and O–H groups in total. The fraction of sp³-hybridized carbons (Fsp3) is 0.323. The van der Waals surface area contributed by atoms with Gasteiger partial charge in [-0.2, -0.15) is 0 Å². The maximum absolute atomic E-state index is 13.0. The minimum atomic E-state index is -0.0797. The van der Waals surface area contributed by atoms with Gasteiger partial charge in [-0.1, -0.05) is 33.1 Å². The summed E-state index contributed by atoms with van der Waals surface area (Å²) >= 11 is 0. The Morgan fingerprint density at radius 3 is 1.89 bits per heavy atom. The van der Waals surface area contributed by atoms with E-state index in [2.05, 4.69) is 19.2 Å². The average Bonchev–Trinajstić information content (AvgIpc) is 2.96. The average molecular weight is 498 g/mol. The van der Waals surface area contributed by atoms with Crippen molar-refractivity contribution in [2.45, 2.75) is 39.5 Å². The van der Waals surface area contributed by atoms with Gasteiger partial charge in [-0.3, -0.25) is 4.79 Å². The van der Waals surface area contributed by atoms with Gasteiger partial charge in [0, 0.05) is 23.2 Å². The molecule has 1 unspecified atom stereocenters. The highest BCUT2D eigenvalue weighted by Gasteiger charge is 2.16. The minimum absolute atomic E-state index is 0.0797. The van der Waals surface area contributed by atoms with E-state index in [9.17, 15) is 4.79 Å². The van der Waals surface area contributed by atoms with E-state index in [0.717, 1.165) is 52.4 Å². The summed E-state index contributed by atoms with van der Waals surface area (Å²) in [6.07, 6.45) is 4.55. The molecule has 0 aliphatic rings. The van der Waals surface area contributed by atoms with Gasteiger partial charge in [-0.15, -0.1) is 0 Å². The number of amides is 1. The van der Waals surface area contributed by atoms with Crippen LogP contribution in [0.3, 0.4) is 0 Å². The third-order valence-electron chi connectivity index (χ3n) is 6.75. The summed E-state index contributed by atoms with van der Waals surface area (Å²) in [5, 5.41) is 3.12. The van der Waals surface area contributed by atoms with Crippen LogP contribution in [0.5, 0.6) is 11.5 Å². The Labute approximate surface area is 219 Å². The number of nitrogens with zero attached hydrogens (tertiary/aromatic N) is 2. The maximum atomic E-state index is 13.0. The van der Waals surface area contributed by atoms with E-state index in [-0.39, 0.29) is 5.91 Å². The van der Waals surface area contributed by atoms with E-state index < -0.39 is 0 Å². The topological polar surface area (TPSA) is 73.3 Å². The Morgan fingerprint density at radius 1 is 0.811 bits per heavy atom. The van der Waals surface area contributed by atoms with Crippen LogP contribution in [0.15, 0.2) is 66.7 Å². The Morgan fingerprint density at radius 2 is 1.38 bits per heavy atom. The highest BCUT2D eigenvalue weighted by molar-refractivity contribution is 5.98. The van der Waals surface area contributed by atoms with Crippen LogP contribution in [0.4, 0.5) is 0 Å². The first-order valence-electron chi connectivity index (χ1n) is 12.9. The monoisotopic (exact) mass is 497 g/mol. The van der Waals surface area contributed by atoms with Crippen LogP contribution in [-0.4, -0.2) is 36.6 Å². The second-order valence-electron chi connectivity index (χ2n) is 9.21. The first kappa shape index (κ1) is 26.1. The number of carbonyl (C=O) groups is 1. The molecular weight excluding hydrogens is 462 g/mol. The van der Waals surface area contributed by atoms with Gasteiger partial charge in [0.2, 0.25) is 0 Å². The van der Waals surface area contributed by atoms with Gasteiger partial charge >= 0.3 is 0 Å². The van der Waals surface area contributed by atoms with E-state index >= 15 is 0 Å². The lowest BCUT2D eigenvalue weighted by molar-refractivity contribution is 0.0946. The van der Waals surface area contributed by atoms with Gasteiger partial charge in [0.15, 0.2) is 0 Å². The summed E-state index contributed by atoms with van der Waals surface area (Å²) in [7, 11) is 3.29. The molecule has 1 amide bonds. The van der Waals surface area contributed by atoms with Gasteiger partial charge in [-0.05, 0) is 79.1 Å². The van der Waals surface area contributed by atoms with Crippen LogP contribution in [0.2, 0.25) is 0 Å². The number of benzene rings is 3. The van der Waals surface area contributed by atoms with Crippen molar-refractivity contribution in [3.05, 3.63) is 72.3 Å². The molecule has 0 bridgehead atoms. The fourth-order valence-electron chi connectivity index (χ4n) is 4.38. The molecule has 1 atom stereocenters. The van der Waals surface area contributed by atoms with Crippen molar-refractivity contribution in [1.29, 1.82) is 0 Å². The number of unbranched alkanes of at least 4 members (excludes halogenated alkanes) is 1. The molecule has 1 aromatic heterocycles. The second kappa shape index (κ2) is 12.3. The van der Waals surface area contributed by atoms with Crippen LogP contribution < -0.4 is 14.8 Å². The number of ether oxygens (including phenoxy) is 2. The first-order valence-corrected chi connectivity index (χ1v) is 12.9. The molecule has 192 valence electrons. The van der Waals surface area contributed by atoms with Crippen molar-refractivity contribution in [3.63, 3.8) is 0 Å². The Bertz CT molecular complexity index is 1330. The smallest absolute Gasteiger partial charge is 0.251 e. The molecule has 0 fully saturated rings. The Hall–Kier alpha value is -3.93. The minimum Gasteiger partial charge on any atom is -0.497 e. The third-order valence-corrected chi connectivity index (χ3v) is 6.75. The number of hydrogen-bond acceptors (Lipinski definition) is 5. The van der Waals surface area contributed by atoms with Crippen LogP contribution in [0, 0.1) is 5.92 Å². The lowest BCUT2D eigenvalue weighted by Gasteiger charge is -2.15. The largest absolute Gasteiger partial charge is 0.497 e. The lowest BCUT2D eigenvalue weighted by atomic mass is 9.99. The van der Waals surface area contributed by atoms with Gasteiger partial charge in [0.25, 0.3) is 5.91 Å². The molecule has 37 heavy (non-hydrogen) atoms. The predicted octanol–water partition coefficient (Wildman–Crippen LogP) is 6.93. The summed E-state index contributed by atoms with van der Waals surface area (Å²) in [5.41, 5.74) is 5.34. The summed E-state index contributed by atoms with van der Waals surface area (Å²) < 4.78 is 10.7. The molecule has 0 aliphatic heterocycles. The molecule has 3 aromatic carbocycles. The zero-order valence-corrected chi connectivity index (χ0v) is 22.1. The van der Waals surface area contributed by atoms with Crippen LogP contribution in [0.1, 0.15) is 49.9 Å². The number of hydrogen-bond donors (Lipinski definition) is 1. The van der Waals surface area contributed by atoms with Crippen molar-refractivity contribution in [3.8, 4) is 34.0 Å². The van der Waals surface area contributed by atoms with Crippen LogP contribution in [0.25, 0.3) is 33.5 Å². The zero-order chi connectivity index (χ0) is 26.2. The summed E-state index contributed by atoms with van der Waals surface area (Å²) in [6, 6.07) is 21.1. The van der Waals surface area contributed by atoms with E-state index in [1.54, 1.807) is 14.2 Å².